The third kappa shape index (κ3) is 4.83. The molecule has 2 aromatic heterocycles. The van der Waals surface area contributed by atoms with Gasteiger partial charge in [0.25, 0.3) is 5.91 Å². The lowest BCUT2D eigenvalue weighted by Gasteiger charge is -2.34. The van der Waals surface area contributed by atoms with Gasteiger partial charge >= 0.3 is 0 Å². The average Bonchev–Trinajstić information content (AvgIpc) is 3.64. The summed E-state index contributed by atoms with van der Waals surface area (Å²) in [4.78, 5) is 30.4. The number of aliphatic imine (C=N–C) groups is 1. The molecule has 2 aromatic carbocycles. The van der Waals surface area contributed by atoms with E-state index in [-0.39, 0.29) is 11.7 Å². The first-order valence-corrected chi connectivity index (χ1v) is 12.2. The number of aromatic nitrogens is 4. The Morgan fingerprint density at radius 2 is 1.76 bits per heavy atom. The molecule has 0 unspecified atom stereocenters. The summed E-state index contributed by atoms with van der Waals surface area (Å²) in [5.41, 5.74) is 4.92. The van der Waals surface area contributed by atoms with Crippen molar-refractivity contribution in [3.05, 3.63) is 89.8 Å². The third-order valence-corrected chi connectivity index (χ3v) is 6.62. The lowest BCUT2D eigenvalue weighted by Crippen LogP contribution is -2.48. The number of carbonyl (C=O) groups excluding carboxylic acids is 1. The highest BCUT2D eigenvalue weighted by atomic mass is 19.1. The standard InChI is InChI=1S/C27H25FN8O/c28-22-5-1-19(2-6-22)17-34-11-13-35(14-12-34)27(37)20-3-7-23(8-4-20)33-25-26-31-18-32-36(26)24(16-30-25)21-9-10-29-15-21/h1-9,15-16,18H,10-14,17H2,(H,30,33). The normalized spacial score (nSPS) is 15.8. The number of carbonyl (C=O) groups is 1. The van der Waals surface area contributed by atoms with Crippen molar-refractivity contribution in [2.24, 2.45) is 4.99 Å². The second-order valence-electron chi connectivity index (χ2n) is 9.04. The number of benzene rings is 2. The molecule has 1 amide bonds. The molecule has 37 heavy (non-hydrogen) atoms. The van der Waals surface area contributed by atoms with Crippen LogP contribution in [0.25, 0.3) is 11.2 Å². The topological polar surface area (TPSA) is 91.0 Å². The van der Waals surface area contributed by atoms with Crippen molar-refractivity contribution in [2.75, 3.05) is 38.0 Å². The summed E-state index contributed by atoms with van der Waals surface area (Å²) in [6.45, 7) is 4.28. The van der Waals surface area contributed by atoms with Gasteiger partial charge in [-0.2, -0.15) is 5.10 Å². The van der Waals surface area contributed by atoms with Crippen LogP contribution in [-0.2, 0) is 6.54 Å². The van der Waals surface area contributed by atoms with E-state index < -0.39 is 0 Å². The highest BCUT2D eigenvalue weighted by molar-refractivity contribution is 6.11. The Bertz CT molecular complexity index is 1490. The zero-order valence-corrected chi connectivity index (χ0v) is 20.1. The number of rotatable bonds is 6. The van der Waals surface area contributed by atoms with Gasteiger partial charge in [0, 0.05) is 55.8 Å². The number of fused-ring (bicyclic) bond motifs is 1. The molecule has 0 spiro atoms. The SMILES string of the molecule is O=C(c1ccc(Nc2ncc(C3=CCN=C3)n3ncnc23)cc1)N1CCN(Cc2ccc(F)cc2)CC1. The molecular weight excluding hydrogens is 471 g/mol. The number of hydrogen-bond acceptors (Lipinski definition) is 7. The van der Waals surface area contributed by atoms with Gasteiger partial charge in [0.05, 0.1) is 18.4 Å². The van der Waals surface area contributed by atoms with Crippen molar-refractivity contribution in [2.45, 2.75) is 6.54 Å². The third-order valence-electron chi connectivity index (χ3n) is 6.62. The molecule has 0 saturated carbocycles. The zero-order chi connectivity index (χ0) is 25.2. The van der Waals surface area contributed by atoms with Crippen LogP contribution in [0, 0.1) is 5.82 Å². The molecule has 0 radical (unpaired) electrons. The van der Waals surface area contributed by atoms with Crippen molar-refractivity contribution in [3.63, 3.8) is 0 Å². The van der Waals surface area contributed by atoms with E-state index in [9.17, 15) is 9.18 Å². The first-order chi connectivity index (χ1) is 18.1. The summed E-state index contributed by atoms with van der Waals surface area (Å²) in [7, 11) is 0. The zero-order valence-electron chi connectivity index (χ0n) is 20.1. The maximum atomic E-state index is 13.1. The van der Waals surface area contributed by atoms with Crippen LogP contribution in [0.4, 0.5) is 15.9 Å². The summed E-state index contributed by atoms with van der Waals surface area (Å²) in [6, 6.07) is 14.0. The molecule has 1 N–H and O–H groups in total. The molecule has 4 heterocycles. The minimum absolute atomic E-state index is 0.0156. The molecule has 6 rings (SSSR count). The van der Waals surface area contributed by atoms with E-state index in [1.807, 2.05) is 53.6 Å². The molecular formula is C27H25FN8O. The first kappa shape index (κ1) is 23.0. The van der Waals surface area contributed by atoms with Gasteiger partial charge < -0.3 is 10.2 Å². The molecule has 2 aliphatic heterocycles. The Hall–Kier alpha value is -4.44. The van der Waals surface area contributed by atoms with E-state index in [1.165, 1.54) is 18.5 Å². The van der Waals surface area contributed by atoms with Gasteiger partial charge in [0.1, 0.15) is 12.1 Å². The van der Waals surface area contributed by atoms with Crippen LogP contribution < -0.4 is 5.32 Å². The van der Waals surface area contributed by atoms with Gasteiger partial charge in [-0.15, -0.1) is 0 Å². The molecule has 0 bridgehead atoms. The molecule has 186 valence electrons. The van der Waals surface area contributed by atoms with E-state index in [4.69, 9.17) is 0 Å². The second-order valence-corrected chi connectivity index (χ2v) is 9.04. The molecule has 0 aliphatic carbocycles. The lowest BCUT2D eigenvalue weighted by molar-refractivity contribution is 0.0628. The van der Waals surface area contributed by atoms with Gasteiger partial charge in [0.15, 0.2) is 11.5 Å². The molecule has 2 aliphatic rings. The van der Waals surface area contributed by atoms with Gasteiger partial charge in [-0.05, 0) is 42.0 Å². The fourth-order valence-electron chi connectivity index (χ4n) is 4.60. The fraction of sp³-hybridized carbons (Fsp3) is 0.222. The second kappa shape index (κ2) is 9.90. The van der Waals surface area contributed by atoms with Crippen LogP contribution in [0.3, 0.4) is 0 Å². The number of anilines is 2. The van der Waals surface area contributed by atoms with Crippen molar-refractivity contribution in [3.8, 4) is 0 Å². The number of halogens is 1. The number of amides is 1. The average molecular weight is 497 g/mol. The minimum Gasteiger partial charge on any atom is -0.337 e. The van der Waals surface area contributed by atoms with Gasteiger partial charge in [-0.1, -0.05) is 18.2 Å². The highest BCUT2D eigenvalue weighted by Crippen LogP contribution is 2.23. The van der Waals surface area contributed by atoms with Crippen LogP contribution in [0.5, 0.6) is 0 Å². The molecule has 1 saturated heterocycles. The predicted octanol–water partition coefficient (Wildman–Crippen LogP) is 3.43. The number of allylic oxidation sites excluding steroid dienone is 1. The smallest absolute Gasteiger partial charge is 0.253 e. The Kier molecular flexibility index (Phi) is 6.15. The quantitative estimate of drug-likeness (QED) is 0.440. The van der Waals surface area contributed by atoms with E-state index >= 15 is 0 Å². The van der Waals surface area contributed by atoms with Crippen LogP contribution >= 0.6 is 0 Å². The van der Waals surface area contributed by atoms with Gasteiger partial charge in [-0.3, -0.25) is 14.7 Å². The van der Waals surface area contributed by atoms with Crippen LogP contribution in [0.15, 0.2) is 72.1 Å². The predicted molar refractivity (Wildman–Crippen MR) is 139 cm³/mol. The summed E-state index contributed by atoms with van der Waals surface area (Å²) >= 11 is 0. The molecule has 1 fully saturated rings. The Balaban J connectivity index is 1.09. The van der Waals surface area contributed by atoms with Gasteiger partial charge in [-0.25, -0.2) is 18.9 Å². The van der Waals surface area contributed by atoms with Crippen LogP contribution in [-0.4, -0.2) is 74.2 Å². The monoisotopic (exact) mass is 496 g/mol. The summed E-state index contributed by atoms with van der Waals surface area (Å²) in [5, 5.41) is 7.63. The maximum Gasteiger partial charge on any atom is 0.253 e. The largest absolute Gasteiger partial charge is 0.337 e. The molecule has 4 aromatic rings. The Morgan fingerprint density at radius 3 is 2.49 bits per heavy atom. The highest BCUT2D eigenvalue weighted by Gasteiger charge is 2.22. The molecule has 0 atom stereocenters. The molecule has 9 nitrogen and oxygen atoms in total. The Labute approximate surface area is 213 Å². The van der Waals surface area contributed by atoms with Crippen molar-refractivity contribution < 1.29 is 9.18 Å². The van der Waals surface area contributed by atoms with Crippen LogP contribution in [0.2, 0.25) is 0 Å². The number of piperazine rings is 1. The van der Waals surface area contributed by atoms with E-state index in [0.29, 0.717) is 36.7 Å². The Morgan fingerprint density at radius 1 is 0.973 bits per heavy atom. The number of hydrogen-bond donors (Lipinski definition) is 1. The molecule has 10 heteroatoms. The van der Waals surface area contributed by atoms with Crippen molar-refractivity contribution in [1.29, 1.82) is 0 Å². The minimum atomic E-state index is -0.228. The van der Waals surface area contributed by atoms with Gasteiger partial charge in [0.2, 0.25) is 0 Å². The first-order valence-electron chi connectivity index (χ1n) is 12.2. The summed E-state index contributed by atoms with van der Waals surface area (Å²) in [5.74, 6) is 0.365. The lowest BCUT2D eigenvalue weighted by atomic mass is 10.1. The van der Waals surface area contributed by atoms with Crippen LogP contribution in [0.1, 0.15) is 21.6 Å². The van der Waals surface area contributed by atoms with Crippen molar-refractivity contribution in [1.82, 2.24) is 29.4 Å². The van der Waals surface area contributed by atoms with E-state index in [1.54, 1.807) is 10.7 Å². The summed E-state index contributed by atoms with van der Waals surface area (Å²) < 4.78 is 14.9. The van der Waals surface area contributed by atoms with E-state index in [0.717, 1.165) is 42.2 Å². The fourth-order valence-corrected chi connectivity index (χ4v) is 4.60. The summed E-state index contributed by atoms with van der Waals surface area (Å²) in [6.07, 6.45) is 7.08. The number of nitrogens with one attached hydrogen (secondary N) is 1. The van der Waals surface area contributed by atoms with E-state index in [2.05, 4.69) is 30.3 Å². The number of nitrogens with zero attached hydrogens (tertiary/aromatic N) is 7. The maximum absolute atomic E-state index is 13.1. The van der Waals surface area contributed by atoms with Crippen molar-refractivity contribution >= 4 is 34.8 Å².